The molecule has 6 nitrogen and oxygen atoms in total. The number of hydrogen-bond donors (Lipinski definition) is 0. The van der Waals surface area contributed by atoms with E-state index >= 15 is 0 Å². The van der Waals surface area contributed by atoms with E-state index < -0.39 is 10.0 Å². The van der Waals surface area contributed by atoms with Gasteiger partial charge in [0.15, 0.2) is 0 Å². The number of aromatic nitrogens is 2. The third-order valence-corrected chi connectivity index (χ3v) is 8.17. The van der Waals surface area contributed by atoms with Crippen LogP contribution in [-0.4, -0.2) is 49.3 Å². The van der Waals surface area contributed by atoms with Crippen molar-refractivity contribution in [3.05, 3.63) is 46.2 Å². The molecule has 28 heavy (non-hydrogen) atoms. The highest BCUT2D eigenvalue weighted by molar-refractivity contribution is 7.89. The summed E-state index contributed by atoms with van der Waals surface area (Å²) in [4.78, 5) is 0.340. The van der Waals surface area contributed by atoms with Crippen molar-refractivity contribution in [1.82, 2.24) is 14.1 Å². The Bertz CT molecular complexity index is 930. The zero-order chi connectivity index (χ0) is 20.5. The molecule has 0 atom stereocenters. The molecule has 0 amide bonds. The van der Waals surface area contributed by atoms with Crippen molar-refractivity contribution >= 4 is 21.6 Å². The Balaban J connectivity index is 1.79. The molecule has 8 heteroatoms. The average molecular weight is 426 g/mol. The van der Waals surface area contributed by atoms with E-state index in [9.17, 15) is 8.42 Å². The molecule has 1 aromatic heterocycles. The van der Waals surface area contributed by atoms with Gasteiger partial charge in [-0.2, -0.15) is 9.40 Å². The molecule has 154 valence electrons. The molecule has 0 N–H and O–H groups in total. The Morgan fingerprint density at radius 2 is 1.79 bits per heavy atom. The Labute approximate surface area is 172 Å². The van der Waals surface area contributed by atoms with Crippen LogP contribution in [0, 0.1) is 19.3 Å². The first-order valence-electron chi connectivity index (χ1n) is 9.42. The van der Waals surface area contributed by atoms with E-state index in [1.165, 1.54) is 5.56 Å². The summed E-state index contributed by atoms with van der Waals surface area (Å²) in [7, 11) is -0.0798. The van der Waals surface area contributed by atoms with Gasteiger partial charge in [-0.15, -0.1) is 0 Å². The van der Waals surface area contributed by atoms with Crippen LogP contribution in [0.2, 0.25) is 5.02 Å². The van der Waals surface area contributed by atoms with Gasteiger partial charge in [0.05, 0.1) is 18.0 Å². The standard InChI is InChI=1S/C20H28ClN3O3S/c1-15-19(16(2)23(3)22-15)28(25,26)24-11-9-20(10-12-24,14-27-4)13-17-5-7-18(21)8-6-17/h5-8H,9-14H2,1-4H3. The molecule has 0 bridgehead atoms. The fourth-order valence-electron chi connectivity index (χ4n) is 4.17. The molecule has 1 aromatic carbocycles. The van der Waals surface area contributed by atoms with Gasteiger partial charge in [0.25, 0.3) is 0 Å². The summed E-state index contributed by atoms with van der Waals surface area (Å²) in [5, 5.41) is 4.99. The Morgan fingerprint density at radius 3 is 2.29 bits per heavy atom. The van der Waals surface area contributed by atoms with Crippen LogP contribution in [-0.2, 0) is 28.2 Å². The number of aryl methyl sites for hydroxylation is 2. The smallest absolute Gasteiger partial charge is 0.246 e. The lowest BCUT2D eigenvalue weighted by molar-refractivity contribution is 0.0392. The highest BCUT2D eigenvalue weighted by Crippen LogP contribution is 2.38. The second-order valence-electron chi connectivity index (χ2n) is 7.76. The molecule has 0 spiro atoms. The third-order valence-electron chi connectivity index (χ3n) is 5.77. The summed E-state index contributed by atoms with van der Waals surface area (Å²) in [6.07, 6.45) is 2.35. The van der Waals surface area contributed by atoms with Gasteiger partial charge in [0.2, 0.25) is 10.0 Å². The molecule has 2 heterocycles. The lowest BCUT2D eigenvalue weighted by Gasteiger charge is -2.41. The molecule has 3 rings (SSSR count). The fraction of sp³-hybridized carbons (Fsp3) is 0.550. The van der Waals surface area contributed by atoms with Gasteiger partial charge >= 0.3 is 0 Å². The number of methoxy groups -OCH3 is 1. The number of piperidine rings is 1. The molecular weight excluding hydrogens is 398 g/mol. The molecule has 1 fully saturated rings. The van der Waals surface area contributed by atoms with Gasteiger partial charge in [-0.05, 0) is 50.8 Å². The molecular formula is C20H28ClN3O3S. The number of sulfonamides is 1. The summed E-state index contributed by atoms with van der Waals surface area (Å²) in [5.74, 6) is 0. The maximum atomic E-state index is 13.2. The monoisotopic (exact) mass is 425 g/mol. The van der Waals surface area contributed by atoms with Crippen molar-refractivity contribution in [3.8, 4) is 0 Å². The minimum absolute atomic E-state index is 0.0758. The van der Waals surface area contributed by atoms with E-state index in [1.54, 1.807) is 37.0 Å². The summed E-state index contributed by atoms with van der Waals surface area (Å²) in [6, 6.07) is 7.85. The maximum Gasteiger partial charge on any atom is 0.246 e. The topological polar surface area (TPSA) is 64.4 Å². The number of halogens is 1. The van der Waals surface area contributed by atoms with Crippen LogP contribution in [0.1, 0.15) is 29.8 Å². The van der Waals surface area contributed by atoms with Crippen molar-refractivity contribution in [2.75, 3.05) is 26.8 Å². The molecule has 1 saturated heterocycles. The predicted octanol–water partition coefficient (Wildman–Crippen LogP) is 3.35. The van der Waals surface area contributed by atoms with Gasteiger partial charge in [-0.1, -0.05) is 23.7 Å². The summed E-state index contributed by atoms with van der Waals surface area (Å²) < 4.78 is 35.2. The minimum Gasteiger partial charge on any atom is -0.384 e. The number of rotatable bonds is 6. The van der Waals surface area contributed by atoms with Crippen LogP contribution in [0.4, 0.5) is 0 Å². The van der Waals surface area contributed by atoms with Gasteiger partial charge in [0, 0.05) is 37.7 Å². The Kier molecular flexibility index (Phi) is 6.20. The van der Waals surface area contributed by atoms with Gasteiger partial charge in [-0.3, -0.25) is 4.68 Å². The average Bonchev–Trinajstić information content (AvgIpc) is 2.90. The molecule has 2 aromatic rings. The first-order valence-corrected chi connectivity index (χ1v) is 11.2. The summed E-state index contributed by atoms with van der Waals surface area (Å²) in [6.45, 7) is 5.11. The minimum atomic E-state index is -3.55. The highest BCUT2D eigenvalue weighted by atomic mass is 35.5. The molecule has 1 aliphatic rings. The van der Waals surface area contributed by atoms with E-state index in [-0.39, 0.29) is 5.41 Å². The van der Waals surface area contributed by atoms with E-state index in [4.69, 9.17) is 16.3 Å². The van der Waals surface area contributed by atoms with Crippen LogP contribution < -0.4 is 0 Å². The Morgan fingerprint density at radius 1 is 1.18 bits per heavy atom. The van der Waals surface area contributed by atoms with Crippen LogP contribution in [0.25, 0.3) is 0 Å². The second kappa shape index (κ2) is 8.14. The van der Waals surface area contributed by atoms with Gasteiger partial charge < -0.3 is 4.74 Å². The van der Waals surface area contributed by atoms with Crippen molar-refractivity contribution in [1.29, 1.82) is 0 Å². The van der Waals surface area contributed by atoms with E-state index in [0.29, 0.717) is 41.0 Å². The van der Waals surface area contributed by atoms with Crippen molar-refractivity contribution in [3.63, 3.8) is 0 Å². The Hall–Kier alpha value is -1.41. The van der Waals surface area contributed by atoms with Crippen molar-refractivity contribution in [2.24, 2.45) is 12.5 Å². The molecule has 0 aliphatic carbocycles. The van der Waals surface area contributed by atoms with Crippen molar-refractivity contribution < 1.29 is 13.2 Å². The largest absolute Gasteiger partial charge is 0.384 e. The quantitative estimate of drug-likeness (QED) is 0.711. The third kappa shape index (κ3) is 4.13. The number of hydrogen-bond acceptors (Lipinski definition) is 4. The van der Waals surface area contributed by atoms with E-state index in [2.05, 4.69) is 5.10 Å². The normalized spacial score (nSPS) is 17.8. The lowest BCUT2D eigenvalue weighted by atomic mass is 9.75. The number of ether oxygens (including phenoxy) is 1. The number of benzene rings is 1. The second-order valence-corrected chi connectivity index (χ2v) is 10.1. The molecule has 0 unspecified atom stereocenters. The lowest BCUT2D eigenvalue weighted by Crippen LogP contribution is -2.46. The zero-order valence-electron chi connectivity index (χ0n) is 16.9. The maximum absolute atomic E-state index is 13.2. The highest BCUT2D eigenvalue weighted by Gasteiger charge is 2.40. The van der Waals surface area contributed by atoms with Crippen LogP contribution in [0.3, 0.4) is 0 Å². The molecule has 0 radical (unpaired) electrons. The van der Waals surface area contributed by atoms with E-state index in [1.807, 2.05) is 24.3 Å². The van der Waals surface area contributed by atoms with Gasteiger partial charge in [0.1, 0.15) is 4.90 Å². The molecule has 1 aliphatic heterocycles. The fourth-order valence-corrected chi connectivity index (χ4v) is 6.14. The van der Waals surface area contributed by atoms with Crippen LogP contribution in [0.5, 0.6) is 0 Å². The number of nitrogens with zero attached hydrogens (tertiary/aromatic N) is 3. The van der Waals surface area contributed by atoms with Crippen LogP contribution >= 0.6 is 11.6 Å². The molecule has 0 saturated carbocycles. The summed E-state index contributed by atoms with van der Waals surface area (Å²) in [5.41, 5.74) is 2.34. The summed E-state index contributed by atoms with van der Waals surface area (Å²) >= 11 is 6.00. The van der Waals surface area contributed by atoms with E-state index in [0.717, 1.165) is 19.3 Å². The van der Waals surface area contributed by atoms with Crippen LogP contribution in [0.15, 0.2) is 29.2 Å². The first kappa shape index (κ1) is 21.3. The van der Waals surface area contributed by atoms with Crippen molar-refractivity contribution in [2.45, 2.75) is 38.0 Å². The zero-order valence-corrected chi connectivity index (χ0v) is 18.5. The SMILES string of the molecule is COCC1(Cc2ccc(Cl)cc2)CCN(S(=O)(=O)c2c(C)nn(C)c2C)CC1. The van der Waals surface area contributed by atoms with Gasteiger partial charge in [-0.25, -0.2) is 8.42 Å². The predicted molar refractivity (Wildman–Crippen MR) is 110 cm³/mol. The first-order chi connectivity index (χ1) is 13.2.